The Morgan fingerprint density at radius 3 is 1.70 bits per heavy atom. The van der Waals surface area contributed by atoms with E-state index in [-0.39, 0.29) is 12.1 Å². The van der Waals surface area contributed by atoms with E-state index in [1.807, 2.05) is 12.1 Å². The first-order valence-corrected chi connectivity index (χ1v) is 8.11. The number of hydrogen-bond donors (Lipinski definition) is 3. The lowest BCUT2D eigenvalue weighted by Gasteiger charge is -2.14. The average Bonchev–Trinajstić information content (AvgIpc) is 2.46. The third-order valence-corrected chi connectivity index (χ3v) is 3.09. The minimum Gasteiger partial charge on any atom is -0.352 e. The maximum atomic E-state index is 4.43. The third-order valence-electron chi connectivity index (χ3n) is 3.09. The van der Waals surface area contributed by atoms with E-state index in [0.29, 0.717) is 17.8 Å². The average molecular weight is 314 g/mol. The molecule has 0 atom stereocenters. The minimum absolute atomic E-state index is 0.251. The van der Waals surface area contributed by atoms with Crippen LogP contribution in [0.15, 0.2) is 24.3 Å². The Bertz CT molecular complexity index is 593. The molecule has 0 aliphatic heterocycles. The highest BCUT2D eigenvalue weighted by Gasteiger charge is 2.09. The van der Waals surface area contributed by atoms with E-state index in [1.54, 1.807) is 0 Å². The second-order valence-electron chi connectivity index (χ2n) is 6.08. The lowest BCUT2D eigenvalue weighted by Crippen LogP contribution is -2.18. The van der Waals surface area contributed by atoms with E-state index >= 15 is 0 Å². The molecule has 0 fully saturated rings. The summed E-state index contributed by atoms with van der Waals surface area (Å²) in [7, 11) is 0. The van der Waals surface area contributed by atoms with Crippen molar-refractivity contribution in [2.45, 2.75) is 53.1 Å². The molecule has 6 nitrogen and oxygen atoms in total. The van der Waals surface area contributed by atoms with Crippen LogP contribution in [-0.2, 0) is 6.42 Å². The monoisotopic (exact) mass is 314 g/mol. The molecule has 1 aromatic carbocycles. The molecule has 0 amide bonds. The van der Waals surface area contributed by atoms with Gasteiger partial charge in [0.05, 0.1) is 0 Å². The Morgan fingerprint density at radius 1 is 0.783 bits per heavy atom. The Hall–Kier alpha value is -2.37. The fraction of sp³-hybridized carbons (Fsp3) is 0.471. The molecule has 0 radical (unpaired) electrons. The van der Waals surface area contributed by atoms with Crippen LogP contribution in [0, 0.1) is 0 Å². The predicted molar refractivity (Wildman–Crippen MR) is 96.4 cm³/mol. The van der Waals surface area contributed by atoms with Crippen molar-refractivity contribution in [1.29, 1.82) is 0 Å². The van der Waals surface area contributed by atoms with Gasteiger partial charge in [0.25, 0.3) is 0 Å². The maximum absolute atomic E-state index is 4.43. The van der Waals surface area contributed by atoms with Gasteiger partial charge in [0, 0.05) is 17.8 Å². The molecule has 0 aliphatic carbocycles. The molecule has 1 aromatic heterocycles. The second kappa shape index (κ2) is 7.76. The smallest absolute Gasteiger partial charge is 0.233 e. The predicted octanol–water partition coefficient (Wildman–Crippen LogP) is 3.82. The van der Waals surface area contributed by atoms with Crippen molar-refractivity contribution in [2.75, 3.05) is 16.0 Å². The van der Waals surface area contributed by atoms with Crippen LogP contribution in [-0.4, -0.2) is 27.0 Å². The summed E-state index contributed by atoms with van der Waals surface area (Å²) in [6.45, 7) is 10.3. The molecular weight excluding hydrogens is 288 g/mol. The number of nitrogens with one attached hydrogen (secondary N) is 3. The van der Waals surface area contributed by atoms with E-state index in [1.165, 1.54) is 5.56 Å². The van der Waals surface area contributed by atoms with Crippen molar-refractivity contribution in [2.24, 2.45) is 0 Å². The highest BCUT2D eigenvalue weighted by molar-refractivity contribution is 5.56. The molecule has 2 aromatic rings. The zero-order valence-electron chi connectivity index (χ0n) is 14.5. The molecule has 23 heavy (non-hydrogen) atoms. The summed E-state index contributed by atoms with van der Waals surface area (Å²) in [5.41, 5.74) is 2.26. The minimum atomic E-state index is 0.251. The molecule has 0 unspecified atom stereocenters. The summed E-state index contributed by atoms with van der Waals surface area (Å²) in [4.78, 5) is 13.3. The maximum Gasteiger partial charge on any atom is 0.233 e. The van der Waals surface area contributed by atoms with Crippen LogP contribution < -0.4 is 16.0 Å². The fourth-order valence-electron chi connectivity index (χ4n) is 2.03. The van der Waals surface area contributed by atoms with Crippen molar-refractivity contribution < 1.29 is 0 Å². The van der Waals surface area contributed by atoms with Gasteiger partial charge < -0.3 is 16.0 Å². The normalized spacial score (nSPS) is 10.9. The van der Waals surface area contributed by atoms with Crippen molar-refractivity contribution >= 4 is 23.5 Å². The summed E-state index contributed by atoms with van der Waals surface area (Å²) in [6.07, 6.45) is 1.02. The lowest BCUT2D eigenvalue weighted by atomic mass is 10.1. The lowest BCUT2D eigenvalue weighted by molar-refractivity contribution is 0.847. The quantitative estimate of drug-likeness (QED) is 0.721. The van der Waals surface area contributed by atoms with Crippen molar-refractivity contribution in [3.63, 3.8) is 0 Å². The van der Waals surface area contributed by atoms with Crippen LogP contribution >= 0.6 is 0 Å². The fourth-order valence-corrected chi connectivity index (χ4v) is 2.03. The molecule has 0 spiro atoms. The van der Waals surface area contributed by atoms with Gasteiger partial charge >= 0.3 is 0 Å². The van der Waals surface area contributed by atoms with Crippen molar-refractivity contribution in [3.05, 3.63) is 29.8 Å². The molecular formula is C17H26N6. The first-order chi connectivity index (χ1) is 11.0. The number of anilines is 4. The summed E-state index contributed by atoms with van der Waals surface area (Å²) in [5.74, 6) is 1.65. The van der Waals surface area contributed by atoms with E-state index in [9.17, 15) is 0 Å². The number of nitrogens with zero attached hydrogens (tertiary/aromatic N) is 3. The zero-order chi connectivity index (χ0) is 16.8. The molecule has 1 heterocycles. The number of benzene rings is 1. The second-order valence-corrected chi connectivity index (χ2v) is 6.08. The van der Waals surface area contributed by atoms with Gasteiger partial charge in [0.1, 0.15) is 0 Å². The number of rotatable bonds is 7. The molecule has 0 saturated heterocycles. The highest BCUT2D eigenvalue weighted by atomic mass is 15.3. The van der Waals surface area contributed by atoms with E-state index in [2.05, 4.69) is 77.7 Å². The summed E-state index contributed by atoms with van der Waals surface area (Å²) in [5, 5.41) is 9.68. The van der Waals surface area contributed by atoms with Gasteiger partial charge in [-0.2, -0.15) is 15.0 Å². The first kappa shape index (κ1) is 17.0. The first-order valence-electron chi connectivity index (χ1n) is 8.11. The van der Waals surface area contributed by atoms with E-state index in [4.69, 9.17) is 0 Å². The Kier molecular flexibility index (Phi) is 5.73. The van der Waals surface area contributed by atoms with Crippen LogP contribution in [0.2, 0.25) is 0 Å². The Labute approximate surface area is 138 Å². The van der Waals surface area contributed by atoms with Crippen LogP contribution in [0.3, 0.4) is 0 Å². The highest BCUT2D eigenvalue weighted by Crippen LogP contribution is 2.17. The Balaban J connectivity index is 2.23. The largest absolute Gasteiger partial charge is 0.352 e. The molecule has 0 aliphatic rings. The summed E-state index contributed by atoms with van der Waals surface area (Å²) in [6, 6.07) is 8.78. The molecule has 0 saturated carbocycles. The van der Waals surface area contributed by atoms with Crippen molar-refractivity contribution in [3.8, 4) is 0 Å². The Morgan fingerprint density at radius 2 is 1.26 bits per heavy atom. The number of aryl methyl sites for hydroxylation is 1. The number of aromatic nitrogens is 3. The SMILES string of the molecule is CCc1ccc(Nc2nc(NC(C)C)nc(NC(C)C)n2)cc1. The zero-order valence-corrected chi connectivity index (χ0v) is 14.5. The van der Waals surface area contributed by atoms with Gasteiger partial charge in [-0.05, 0) is 51.8 Å². The topological polar surface area (TPSA) is 74.8 Å². The van der Waals surface area contributed by atoms with Gasteiger partial charge in [-0.3, -0.25) is 0 Å². The summed E-state index contributed by atoms with van der Waals surface area (Å²) >= 11 is 0. The van der Waals surface area contributed by atoms with Gasteiger partial charge in [-0.1, -0.05) is 19.1 Å². The van der Waals surface area contributed by atoms with Gasteiger partial charge in [0.15, 0.2) is 0 Å². The molecule has 6 heteroatoms. The van der Waals surface area contributed by atoms with E-state index in [0.717, 1.165) is 12.1 Å². The van der Waals surface area contributed by atoms with E-state index < -0.39 is 0 Å². The summed E-state index contributed by atoms with van der Waals surface area (Å²) < 4.78 is 0. The van der Waals surface area contributed by atoms with Crippen molar-refractivity contribution in [1.82, 2.24) is 15.0 Å². The molecule has 3 N–H and O–H groups in total. The van der Waals surface area contributed by atoms with Crippen LogP contribution in [0.5, 0.6) is 0 Å². The number of hydrogen-bond acceptors (Lipinski definition) is 6. The van der Waals surface area contributed by atoms with Crippen LogP contribution in [0.4, 0.5) is 23.5 Å². The molecule has 124 valence electrons. The van der Waals surface area contributed by atoms with Gasteiger partial charge in [0.2, 0.25) is 17.8 Å². The van der Waals surface area contributed by atoms with Crippen LogP contribution in [0.1, 0.15) is 40.2 Å². The van der Waals surface area contributed by atoms with Crippen LogP contribution in [0.25, 0.3) is 0 Å². The van der Waals surface area contributed by atoms with Gasteiger partial charge in [-0.15, -0.1) is 0 Å². The molecule has 2 rings (SSSR count). The van der Waals surface area contributed by atoms with Gasteiger partial charge in [-0.25, -0.2) is 0 Å². The third kappa shape index (κ3) is 5.39. The standard InChI is InChI=1S/C17H26N6/c1-6-13-7-9-14(10-8-13)20-17-22-15(18-11(2)3)21-16(23-17)19-12(4)5/h7-12H,6H2,1-5H3,(H3,18,19,20,21,22,23). The molecule has 0 bridgehead atoms.